The third kappa shape index (κ3) is 2.96. The van der Waals surface area contributed by atoms with Crippen molar-refractivity contribution in [2.45, 2.75) is 6.92 Å². The summed E-state index contributed by atoms with van der Waals surface area (Å²) < 4.78 is 0. The fraction of sp³-hybridized carbons (Fsp3) is 0.0400. The lowest BCUT2D eigenvalue weighted by Crippen LogP contribution is -2.03. The van der Waals surface area contributed by atoms with E-state index in [0.29, 0.717) is 16.7 Å². The van der Waals surface area contributed by atoms with Gasteiger partial charge in [-0.05, 0) is 23.6 Å². The Morgan fingerprint density at radius 2 is 0.926 bits per heavy atom. The average Bonchev–Trinajstić information content (AvgIpc) is 3.03. The lowest BCUT2D eigenvalue weighted by molar-refractivity contribution is -0.113. The summed E-state index contributed by atoms with van der Waals surface area (Å²) >= 11 is 0. The van der Waals surface area contributed by atoms with Crippen LogP contribution in [0.25, 0.3) is 16.7 Å². The van der Waals surface area contributed by atoms with E-state index in [9.17, 15) is 9.59 Å². The van der Waals surface area contributed by atoms with Gasteiger partial charge in [-0.1, -0.05) is 91.0 Å². The van der Waals surface area contributed by atoms with Crippen molar-refractivity contribution in [2.75, 3.05) is 0 Å². The molecule has 27 heavy (non-hydrogen) atoms. The Labute approximate surface area is 158 Å². The summed E-state index contributed by atoms with van der Waals surface area (Å²) in [5.74, 6) is -0.205. The predicted octanol–water partition coefficient (Wildman–Crippen LogP) is 5.22. The van der Waals surface area contributed by atoms with Crippen molar-refractivity contribution >= 4 is 28.3 Å². The van der Waals surface area contributed by atoms with E-state index in [1.807, 2.05) is 91.0 Å². The molecule has 0 saturated heterocycles. The molecule has 0 fully saturated rings. The van der Waals surface area contributed by atoms with Gasteiger partial charge >= 0.3 is 0 Å². The van der Waals surface area contributed by atoms with Gasteiger partial charge in [0.05, 0.1) is 0 Å². The molecule has 3 aromatic rings. The van der Waals surface area contributed by atoms with E-state index >= 15 is 0 Å². The van der Waals surface area contributed by atoms with Crippen LogP contribution >= 0.6 is 0 Å². The quantitative estimate of drug-likeness (QED) is 0.646. The van der Waals surface area contributed by atoms with E-state index in [0.717, 1.165) is 22.3 Å². The lowest BCUT2D eigenvalue weighted by atomic mass is 9.91. The molecule has 130 valence electrons. The smallest absolute Gasteiger partial charge is 0.195 e. The Morgan fingerprint density at radius 3 is 1.33 bits per heavy atom. The summed E-state index contributed by atoms with van der Waals surface area (Å²) in [5.41, 5.74) is 4.76. The van der Waals surface area contributed by atoms with Gasteiger partial charge in [0, 0.05) is 22.3 Å². The van der Waals surface area contributed by atoms with Crippen molar-refractivity contribution in [3.63, 3.8) is 0 Å². The van der Waals surface area contributed by atoms with E-state index in [1.165, 1.54) is 6.92 Å². The molecule has 0 unspecified atom stereocenters. The normalized spacial score (nSPS) is 14.0. The van der Waals surface area contributed by atoms with Crippen molar-refractivity contribution in [1.82, 2.24) is 0 Å². The summed E-state index contributed by atoms with van der Waals surface area (Å²) in [4.78, 5) is 26.2. The van der Waals surface area contributed by atoms with E-state index in [4.69, 9.17) is 0 Å². The van der Waals surface area contributed by atoms with Gasteiger partial charge in [-0.3, -0.25) is 9.59 Å². The maximum absolute atomic E-state index is 13.5. The summed E-state index contributed by atoms with van der Waals surface area (Å²) in [6, 6.07) is 28.7. The predicted molar refractivity (Wildman–Crippen MR) is 109 cm³/mol. The summed E-state index contributed by atoms with van der Waals surface area (Å²) in [5, 5.41) is 0. The first-order valence-electron chi connectivity index (χ1n) is 8.89. The van der Waals surface area contributed by atoms with Crippen LogP contribution in [0.1, 0.15) is 23.6 Å². The number of carbonyl (C=O) groups excluding carboxylic acids is 2. The standard InChI is InChI=1S/C25H18O2/c1-17(26)21-22(18-11-5-2-6-12-18)24(20-15-9-4-10-16-20)25(27)23(21)19-13-7-3-8-14-19/h2-16H,1H3. The highest BCUT2D eigenvalue weighted by molar-refractivity contribution is 6.55. The maximum Gasteiger partial charge on any atom is 0.195 e. The van der Waals surface area contributed by atoms with Crippen LogP contribution in [-0.4, -0.2) is 11.6 Å². The number of ketones is 2. The number of hydrogen-bond donors (Lipinski definition) is 0. The zero-order valence-corrected chi connectivity index (χ0v) is 15.0. The first-order chi connectivity index (χ1) is 13.2. The highest BCUT2D eigenvalue weighted by Crippen LogP contribution is 2.45. The van der Waals surface area contributed by atoms with Crippen LogP contribution in [0.5, 0.6) is 0 Å². The van der Waals surface area contributed by atoms with Gasteiger partial charge in [-0.2, -0.15) is 0 Å². The molecule has 0 saturated carbocycles. The Kier molecular flexibility index (Phi) is 4.39. The van der Waals surface area contributed by atoms with E-state index in [1.54, 1.807) is 0 Å². The number of hydrogen-bond acceptors (Lipinski definition) is 2. The summed E-state index contributed by atoms with van der Waals surface area (Å²) in [6.45, 7) is 1.53. The molecule has 0 aliphatic heterocycles. The maximum atomic E-state index is 13.5. The molecule has 4 rings (SSSR count). The summed E-state index contributed by atoms with van der Waals surface area (Å²) in [6.07, 6.45) is 0. The molecule has 1 aliphatic carbocycles. The zero-order chi connectivity index (χ0) is 18.8. The van der Waals surface area contributed by atoms with Crippen LogP contribution in [0, 0.1) is 0 Å². The van der Waals surface area contributed by atoms with Gasteiger partial charge in [0.25, 0.3) is 0 Å². The molecule has 0 amide bonds. The molecule has 0 atom stereocenters. The van der Waals surface area contributed by atoms with E-state index in [2.05, 4.69) is 0 Å². The Morgan fingerprint density at radius 1 is 0.556 bits per heavy atom. The minimum atomic E-state index is -0.105. The molecule has 0 N–H and O–H groups in total. The molecular formula is C25H18O2. The molecule has 1 aliphatic rings. The van der Waals surface area contributed by atoms with Crippen LogP contribution in [0.15, 0.2) is 96.6 Å². The monoisotopic (exact) mass is 350 g/mol. The van der Waals surface area contributed by atoms with Crippen molar-refractivity contribution in [1.29, 1.82) is 0 Å². The number of carbonyl (C=O) groups is 2. The molecule has 3 aromatic carbocycles. The second kappa shape index (κ2) is 7.00. The van der Waals surface area contributed by atoms with Crippen molar-refractivity contribution in [3.05, 3.63) is 113 Å². The fourth-order valence-corrected chi connectivity index (χ4v) is 3.61. The molecule has 0 radical (unpaired) electrons. The van der Waals surface area contributed by atoms with Crippen LogP contribution in [0.4, 0.5) is 0 Å². The van der Waals surface area contributed by atoms with Gasteiger partial charge in [0.1, 0.15) is 0 Å². The zero-order valence-electron chi connectivity index (χ0n) is 15.0. The van der Waals surface area contributed by atoms with Gasteiger partial charge in [0.15, 0.2) is 11.6 Å². The Bertz CT molecular complexity index is 1070. The van der Waals surface area contributed by atoms with Gasteiger partial charge in [-0.15, -0.1) is 0 Å². The number of Topliss-reactive ketones (excluding diaryl/α,β-unsaturated/α-hetero) is 2. The van der Waals surface area contributed by atoms with E-state index in [-0.39, 0.29) is 11.6 Å². The highest BCUT2D eigenvalue weighted by Gasteiger charge is 2.36. The Hall–Kier alpha value is -3.52. The molecule has 2 nitrogen and oxygen atoms in total. The second-order valence-corrected chi connectivity index (χ2v) is 6.48. The third-order valence-electron chi connectivity index (χ3n) is 4.74. The van der Waals surface area contributed by atoms with Crippen LogP contribution < -0.4 is 0 Å². The van der Waals surface area contributed by atoms with Gasteiger partial charge in [-0.25, -0.2) is 0 Å². The largest absolute Gasteiger partial charge is 0.294 e. The molecule has 0 heterocycles. The second-order valence-electron chi connectivity index (χ2n) is 6.48. The average molecular weight is 350 g/mol. The number of rotatable bonds is 4. The minimum Gasteiger partial charge on any atom is -0.294 e. The lowest BCUT2D eigenvalue weighted by Gasteiger charge is -2.10. The topological polar surface area (TPSA) is 34.1 Å². The van der Waals surface area contributed by atoms with Crippen molar-refractivity contribution < 1.29 is 9.59 Å². The van der Waals surface area contributed by atoms with Crippen molar-refractivity contribution in [2.24, 2.45) is 0 Å². The van der Waals surface area contributed by atoms with Crippen molar-refractivity contribution in [3.8, 4) is 0 Å². The molecular weight excluding hydrogens is 332 g/mol. The van der Waals surface area contributed by atoms with Crippen LogP contribution in [0.2, 0.25) is 0 Å². The van der Waals surface area contributed by atoms with Gasteiger partial charge in [0.2, 0.25) is 0 Å². The molecule has 2 heteroatoms. The summed E-state index contributed by atoms with van der Waals surface area (Å²) in [7, 11) is 0. The highest BCUT2D eigenvalue weighted by atomic mass is 16.1. The first-order valence-corrected chi connectivity index (χ1v) is 8.89. The first kappa shape index (κ1) is 16.9. The SMILES string of the molecule is CC(=O)C1=C(c2ccccc2)C(=O)C(c2ccccc2)=C1c1ccccc1. The minimum absolute atomic E-state index is 0.101. The molecule has 0 aromatic heterocycles. The van der Waals surface area contributed by atoms with Crippen LogP contribution in [0.3, 0.4) is 0 Å². The Balaban J connectivity index is 2.06. The van der Waals surface area contributed by atoms with E-state index < -0.39 is 0 Å². The number of benzene rings is 3. The fourth-order valence-electron chi connectivity index (χ4n) is 3.61. The number of allylic oxidation sites excluding steroid dienone is 4. The molecule has 0 bridgehead atoms. The third-order valence-corrected chi connectivity index (χ3v) is 4.74. The van der Waals surface area contributed by atoms with Gasteiger partial charge < -0.3 is 0 Å². The van der Waals surface area contributed by atoms with Crippen LogP contribution in [-0.2, 0) is 9.59 Å². The molecule has 0 spiro atoms.